The summed E-state index contributed by atoms with van der Waals surface area (Å²) in [5, 5.41) is 12.1. The lowest BCUT2D eigenvalue weighted by atomic mass is 9.96. The lowest BCUT2D eigenvalue weighted by Gasteiger charge is -2.32. The Balaban J connectivity index is 1.39. The number of rotatable bonds is 6. The Morgan fingerprint density at radius 2 is 1.83 bits per heavy atom. The normalized spacial score (nSPS) is 14.9. The van der Waals surface area contributed by atoms with E-state index >= 15 is 0 Å². The van der Waals surface area contributed by atoms with Crippen molar-refractivity contribution in [3.8, 4) is 6.07 Å². The minimum Gasteiger partial charge on any atom is -0.356 e. The van der Waals surface area contributed by atoms with Gasteiger partial charge in [0.05, 0.1) is 5.56 Å². The van der Waals surface area contributed by atoms with E-state index in [0.29, 0.717) is 36.0 Å². The summed E-state index contributed by atoms with van der Waals surface area (Å²) in [7, 11) is 0. The van der Waals surface area contributed by atoms with Gasteiger partial charge in [0.25, 0.3) is 0 Å². The van der Waals surface area contributed by atoms with Crippen LogP contribution in [-0.4, -0.2) is 35.5 Å². The van der Waals surface area contributed by atoms with Gasteiger partial charge in [-0.2, -0.15) is 18.4 Å². The number of aryl methyl sites for hydroxylation is 1. The first-order chi connectivity index (χ1) is 14.4. The monoisotopic (exact) mass is 417 g/mol. The van der Waals surface area contributed by atoms with Crippen LogP contribution in [0.5, 0.6) is 0 Å². The number of carbonyl (C=O) groups is 1. The third kappa shape index (κ3) is 5.69. The van der Waals surface area contributed by atoms with Crippen molar-refractivity contribution in [2.45, 2.75) is 31.9 Å². The zero-order valence-corrected chi connectivity index (χ0v) is 16.3. The van der Waals surface area contributed by atoms with Crippen molar-refractivity contribution < 1.29 is 18.0 Å². The fourth-order valence-corrected chi connectivity index (χ4v) is 3.45. The fourth-order valence-electron chi connectivity index (χ4n) is 3.45. The maximum Gasteiger partial charge on any atom is 0.416 e. The average molecular weight is 417 g/mol. The van der Waals surface area contributed by atoms with Gasteiger partial charge in [0, 0.05) is 38.4 Å². The van der Waals surface area contributed by atoms with Crippen LogP contribution in [0.2, 0.25) is 0 Å². The van der Waals surface area contributed by atoms with Gasteiger partial charge in [-0.25, -0.2) is 9.97 Å². The molecular formula is C21H22F3N5O. The largest absolute Gasteiger partial charge is 0.416 e. The van der Waals surface area contributed by atoms with E-state index in [1.807, 2.05) is 4.90 Å². The quantitative estimate of drug-likeness (QED) is 0.780. The number of amides is 1. The van der Waals surface area contributed by atoms with Crippen molar-refractivity contribution in [3.63, 3.8) is 0 Å². The van der Waals surface area contributed by atoms with Gasteiger partial charge in [0.2, 0.25) is 5.91 Å². The smallest absolute Gasteiger partial charge is 0.356 e. The summed E-state index contributed by atoms with van der Waals surface area (Å²) >= 11 is 0. The van der Waals surface area contributed by atoms with Gasteiger partial charge in [-0.05, 0) is 42.9 Å². The molecular weight excluding hydrogens is 395 g/mol. The third-order valence-corrected chi connectivity index (χ3v) is 5.21. The van der Waals surface area contributed by atoms with Crippen LogP contribution in [0.1, 0.15) is 36.1 Å². The average Bonchev–Trinajstić information content (AvgIpc) is 2.76. The van der Waals surface area contributed by atoms with Gasteiger partial charge < -0.3 is 10.2 Å². The summed E-state index contributed by atoms with van der Waals surface area (Å²) in [5.74, 6) is 0.815. The van der Waals surface area contributed by atoms with Crippen LogP contribution in [0.25, 0.3) is 0 Å². The highest BCUT2D eigenvalue weighted by atomic mass is 19.4. The Bertz CT molecular complexity index is 900. The Hall–Kier alpha value is -3.15. The maximum atomic E-state index is 12.6. The summed E-state index contributed by atoms with van der Waals surface area (Å²) in [6.07, 6.45) is 1.06. The number of nitrogens with zero attached hydrogens (tertiary/aromatic N) is 4. The van der Waals surface area contributed by atoms with Crippen molar-refractivity contribution in [2.75, 3.05) is 24.5 Å². The van der Waals surface area contributed by atoms with Gasteiger partial charge in [-0.1, -0.05) is 12.1 Å². The first-order valence-electron chi connectivity index (χ1n) is 9.75. The van der Waals surface area contributed by atoms with Crippen molar-refractivity contribution in [1.82, 2.24) is 15.3 Å². The van der Waals surface area contributed by atoms with Crippen LogP contribution in [-0.2, 0) is 17.4 Å². The molecule has 1 amide bonds. The lowest BCUT2D eigenvalue weighted by molar-refractivity contribution is -0.137. The third-order valence-electron chi connectivity index (χ3n) is 5.21. The molecule has 0 spiro atoms. The molecule has 1 N–H and O–H groups in total. The molecule has 6 nitrogen and oxygen atoms in total. The highest BCUT2D eigenvalue weighted by Gasteiger charge is 2.30. The molecule has 158 valence electrons. The molecule has 0 atom stereocenters. The van der Waals surface area contributed by atoms with E-state index in [2.05, 4.69) is 21.4 Å². The molecule has 2 aromatic rings. The van der Waals surface area contributed by atoms with Crippen molar-refractivity contribution >= 4 is 11.7 Å². The number of hydrogen-bond donors (Lipinski definition) is 1. The minimum absolute atomic E-state index is 0.113. The SMILES string of the molecule is N#Cc1nccnc1N1CCC(CNC(=O)CCc2ccc(C(F)(F)F)cc2)CC1. The Kier molecular flexibility index (Phi) is 6.87. The number of piperidine rings is 1. The topological polar surface area (TPSA) is 81.9 Å². The predicted molar refractivity (Wildman–Crippen MR) is 104 cm³/mol. The first kappa shape index (κ1) is 21.6. The Labute approximate surface area is 172 Å². The van der Waals surface area contributed by atoms with Crippen LogP contribution in [0.15, 0.2) is 36.7 Å². The molecule has 1 fully saturated rings. The zero-order chi connectivity index (χ0) is 21.6. The number of hydrogen-bond acceptors (Lipinski definition) is 5. The molecule has 1 aliphatic heterocycles. The van der Waals surface area contributed by atoms with Crippen molar-refractivity contribution in [1.29, 1.82) is 5.26 Å². The molecule has 0 unspecified atom stereocenters. The lowest BCUT2D eigenvalue weighted by Crippen LogP contribution is -2.39. The number of alkyl halides is 3. The Morgan fingerprint density at radius 1 is 1.17 bits per heavy atom. The predicted octanol–water partition coefficient (Wildman–Crippen LogP) is 3.33. The number of anilines is 1. The molecule has 0 bridgehead atoms. The number of carbonyl (C=O) groups excluding carboxylic acids is 1. The number of nitrogens with one attached hydrogen (secondary N) is 1. The summed E-state index contributed by atoms with van der Waals surface area (Å²) in [5.41, 5.74) is 0.321. The minimum atomic E-state index is -4.35. The van der Waals surface area contributed by atoms with Gasteiger partial charge >= 0.3 is 6.18 Å². The number of aromatic nitrogens is 2. The molecule has 2 heterocycles. The number of halogens is 3. The summed E-state index contributed by atoms with van der Waals surface area (Å²) in [6, 6.07) is 6.95. The fraction of sp³-hybridized carbons (Fsp3) is 0.429. The van der Waals surface area contributed by atoms with E-state index in [0.717, 1.165) is 38.1 Å². The van der Waals surface area contributed by atoms with E-state index in [1.54, 1.807) is 6.20 Å². The molecule has 9 heteroatoms. The van der Waals surface area contributed by atoms with E-state index < -0.39 is 11.7 Å². The molecule has 30 heavy (non-hydrogen) atoms. The van der Waals surface area contributed by atoms with E-state index in [9.17, 15) is 18.0 Å². The summed E-state index contributed by atoms with van der Waals surface area (Å²) in [4.78, 5) is 22.4. The van der Waals surface area contributed by atoms with E-state index in [-0.39, 0.29) is 12.3 Å². The number of benzene rings is 1. The first-order valence-corrected chi connectivity index (χ1v) is 9.75. The highest BCUT2D eigenvalue weighted by Crippen LogP contribution is 2.29. The molecule has 1 aliphatic rings. The van der Waals surface area contributed by atoms with Gasteiger partial charge in [-0.3, -0.25) is 4.79 Å². The van der Waals surface area contributed by atoms with Gasteiger partial charge in [0.15, 0.2) is 11.5 Å². The Morgan fingerprint density at radius 3 is 2.47 bits per heavy atom. The van der Waals surface area contributed by atoms with E-state index in [4.69, 9.17) is 5.26 Å². The maximum absolute atomic E-state index is 12.6. The zero-order valence-electron chi connectivity index (χ0n) is 16.3. The summed E-state index contributed by atoms with van der Waals surface area (Å²) < 4.78 is 37.7. The highest BCUT2D eigenvalue weighted by molar-refractivity contribution is 5.76. The molecule has 1 aromatic heterocycles. The van der Waals surface area contributed by atoms with Crippen LogP contribution in [0.3, 0.4) is 0 Å². The second-order valence-corrected chi connectivity index (χ2v) is 7.27. The van der Waals surface area contributed by atoms with Crippen LogP contribution in [0, 0.1) is 17.2 Å². The van der Waals surface area contributed by atoms with Gasteiger partial charge in [0.1, 0.15) is 6.07 Å². The van der Waals surface area contributed by atoms with Gasteiger partial charge in [-0.15, -0.1) is 0 Å². The van der Waals surface area contributed by atoms with Crippen LogP contribution >= 0.6 is 0 Å². The molecule has 1 saturated heterocycles. The van der Waals surface area contributed by atoms with Crippen LogP contribution < -0.4 is 10.2 Å². The van der Waals surface area contributed by atoms with Crippen LogP contribution in [0.4, 0.5) is 19.0 Å². The molecule has 0 aliphatic carbocycles. The summed E-state index contributed by atoms with van der Waals surface area (Å²) in [6.45, 7) is 2.03. The number of nitriles is 1. The standard InChI is InChI=1S/C21H22F3N5O/c22-21(23,24)17-4-1-15(2-5-17)3-6-19(30)28-14-16-7-11-29(12-8-16)20-18(13-25)26-9-10-27-20/h1-2,4-5,9-10,16H,3,6-8,11-12,14H2,(H,28,30). The van der Waals surface area contributed by atoms with Crippen molar-refractivity contribution in [2.24, 2.45) is 5.92 Å². The second kappa shape index (κ2) is 9.57. The van der Waals surface area contributed by atoms with E-state index in [1.165, 1.54) is 18.3 Å². The van der Waals surface area contributed by atoms with Crippen molar-refractivity contribution in [3.05, 3.63) is 53.5 Å². The molecule has 3 rings (SSSR count). The molecule has 0 radical (unpaired) electrons. The second-order valence-electron chi connectivity index (χ2n) is 7.27. The molecule has 0 saturated carbocycles. The molecule has 1 aromatic carbocycles.